The average molecular weight is 273 g/mol. The van der Waals surface area contributed by atoms with Gasteiger partial charge in [0.05, 0.1) is 12.0 Å². The van der Waals surface area contributed by atoms with Crippen LogP contribution in [-0.2, 0) is 4.79 Å². The molecular weight excluding hydrogens is 258 g/mol. The topological polar surface area (TPSA) is 42.2 Å². The second-order valence-corrected chi connectivity index (χ2v) is 5.50. The first kappa shape index (κ1) is 12.4. The standard InChI is InChI=1S/C15H15NO2S/c1-19-14-7-3-2-5-12(14)16-15(17)11-9-10(11)13-6-4-8-18-13/h2-8,10-11H,9H2,1H3,(H,16,17). The molecule has 1 aliphatic carbocycles. The number of rotatable bonds is 4. The Labute approximate surface area is 116 Å². The summed E-state index contributed by atoms with van der Waals surface area (Å²) in [7, 11) is 0. The van der Waals surface area contributed by atoms with Gasteiger partial charge in [-0.25, -0.2) is 0 Å². The van der Waals surface area contributed by atoms with Gasteiger partial charge in [-0.1, -0.05) is 12.1 Å². The number of carbonyl (C=O) groups is 1. The lowest BCUT2D eigenvalue weighted by molar-refractivity contribution is -0.117. The van der Waals surface area contributed by atoms with E-state index in [0.29, 0.717) is 0 Å². The molecule has 1 aliphatic rings. The Kier molecular flexibility index (Phi) is 3.34. The summed E-state index contributed by atoms with van der Waals surface area (Å²) in [6.07, 6.45) is 4.54. The van der Waals surface area contributed by atoms with Crippen LogP contribution in [0.3, 0.4) is 0 Å². The molecular formula is C15H15NO2S. The van der Waals surface area contributed by atoms with E-state index < -0.39 is 0 Å². The van der Waals surface area contributed by atoms with E-state index in [2.05, 4.69) is 5.32 Å². The number of nitrogens with one attached hydrogen (secondary N) is 1. The summed E-state index contributed by atoms with van der Waals surface area (Å²) in [5.41, 5.74) is 0.894. The van der Waals surface area contributed by atoms with Crippen molar-refractivity contribution in [1.29, 1.82) is 0 Å². The largest absolute Gasteiger partial charge is 0.469 e. The van der Waals surface area contributed by atoms with Crippen LogP contribution in [0.2, 0.25) is 0 Å². The highest BCUT2D eigenvalue weighted by Crippen LogP contribution is 2.48. The van der Waals surface area contributed by atoms with Crippen LogP contribution in [0.1, 0.15) is 18.1 Å². The smallest absolute Gasteiger partial charge is 0.228 e. The molecule has 2 aromatic rings. The molecule has 3 rings (SSSR count). The quantitative estimate of drug-likeness (QED) is 0.863. The molecule has 1 amide bonds. The maximum absolute atomic E-state index is 12.2. The summed E-state index contributed by atoms with van der Waals surface area (Å²) in [6.45, 7) is 0. The van der Waals surface area contributed by atoms with Crippen LogP contribution in [0.4, 0.5) is 5.69 Å². The second kappa shape index (κ2) is 5.13. The number of benzene rings is 1. The molecule has 1 aromatic carbocycles. The Bertz CT molecular complexity index is 580. The van der Waals surface area contributed by atoms with Crippen LogP contribution in [0.15, 0.2) is 52.0 Å². The molecule has 1 N–H and O–H groups in total. The lowest BCUT2D eigenvalue weighted by Crippen LogP contribution is -2.15. The van der Waals surface area contributed by atoms with Crippen LogP contribution in [0.5, 0.6) is 0 Å². The summed E-state index contributed by atoms with van der Waals surface area (Å²) in [6, 6.07) is 11.7. The Balaban J connectivity index is 1.67. The minimum Gasteiger partial charge on any atom is -0.469 e. The molecule has 2 unspecified atom stereocenters. The van der Waals surface area contributed by atoms with Crippen molar-refractivity contribution in [3.63, 3.8) is 0 Å². The van der Waals surface area contributed by atoms with Crippen molar-refractivity contribution in [2.24, 2.45) is 5.92 Å². The van der Waals surface area contributed by atoms with Gasteiger partial charge in [0, 0.05) is 16.7 Å². The molecule has 98 valence electrons. The molecule has 0 spiro atoms. The molecule has 0 bridgehead atoms. The highest BCUT2D eigenvalue weighted by molar-refractivity contribution is 7.98. The van der Waals surface area contributed by atoms with Crippen LogP contribution in [0, 0.1) is 5.92 Å². The van der Waals surface area contributed by atoms with Gasteiger partial charge in [0.15, 0.2) is 0 Å². The van der Waals surface area contributed by atoms with Gasteiger partial charge in [-0.3, -0.25) is 4.79 Å². The minimum atomic E-state index is 0.0427. The number of hydrogen-bond donors (Lipinski definition) is 1. The predicted octanol–water partition coefficient (Wildman–Crippen LogP) is 3.74. The lowest BCUT2D eigenvalue weighted by Gasteiger charge is -2.08. The van der Waals surface area contributed by atoms with E-state index in [1.807, 2.05) is 42.7 Å². The highest BCUT2D eigenvalue weighted by atomic mass is 32.2. The van der Waals surface area contributed by atoms with E-state index in [1.54, 1.807) is 18.0 Å². The Hall–Kier alpha value is -1.68. The van der Waals surface area contributed by atoms with Crippen molar-refractivity contribution in [1.82, 2.24) is 0 Å². The van der Waals surface area contributed by atoms with Gasteiger partial charge in [0.1, 0.15) is 5.76 Å². The number of hydrogen-bond acceptors (Lipinski definition) is 3. The zero-order valence-electron chi connectivity index (χ0n) is 10.6. The number of thioether (sulfide) groups is 1. The van der Waals surface area contributed by atoms with Crippen LogP contribution in [-0.4, -0.2) is 12.2 Å². The number of carbonyl (C=O) groups excluding carboxylic acids is 1. The minimum absolute atomic E-state index is 0.0427. The van der Waals surface area contributed by atoms with E-state index in [1.165, 1.54) is 0 Å². The van der Waals surface area contributed by atoms with Crippen LogP contribution >= 0.6 is 11.8 Å². The van der Waals surface area contributed by atoms with Gasteiger partial charge >= 0.3 is 0 Å². The molecule has 2 atom stereocenters. The zero-order valence-corrected chi connectivity index (χ0v) is 11.4. The molecule has 1 saturated carbocycles. The van der Waals surface area contributed by atoms with Gasteiger partial charge in [0.2, 0.25) is 5.91 Å². The molecule has 1 aromatic heterocycles. The molecule has 19 heavy (non-hydrogen) atoms. The average Bonchev–Trinajstić information content (AvgIpc) is 3.06. The summed E-state index contributed by atoms with van der Waals surface area (Å²) >= 11 is 1.63. The predicted molar refractivity (Wildman–Crippen MR) is 76.4 cm³/mol. The van der Waals surface area contributed by atoms with Crippen molar-refractivity contribution in [3.05, 3.63) is 48.4 Å². The van der Waals surface area contributed by atoms with Gasteiger partial charge in [-0.05, 0) is 36.9 Å². The first-order chi connectivity index (χ1) is 9.29. The maximum atomic E-state index is 12.2. The molecule has 0 saturated heterocycles. The zero-order chi connectivity index (χ0) is 13.2. The van der Waals surface area contributed by atoms with Gasteiger partial charge < -0.3 is 9.73 Å². The van der Waals surface area contributed by atoms with Crippen molar-refractivity contribution >= 4 is 23.4 Å². The third kappa shape index (κ3) is 2.54. The normalized spacial score (nSPS) is 21.1. The number of amides is 1. The van der Waals surface area contributed by atoms with E-state index in [4.69, 9.17) is 4.42 Å². The number of para-hydroxylation sites is 1. The monoisotopic (exact) mass is 273 g/mol. The third-order valence-electron chi connectivity index (χ3n) is 3.40. The van der Waals surface area contributed by atoms with E-state index >= 15 is 0 Å². The van der Waals surface area contributed by atoms with Crippen molar-refractivity contribution in [3.8, 4) is 0 Å². The van der Waals surface area contributed by atoms with Gasteiger partial charge in [-0.15, -0.1) is 11.8 Å². The molecule has 4 heteroatoms. The van der Waals surface area contributed by atoms with Crippen molar-refractivity contribution in [2.45, 2.75) is 17.2 Å². The lowest BCUT2D eigenvalue weighted by atomic mass is 10.2. The number of furan rings is 1. The van der Waals surface area contributed by atoms with Crippen molar-refractivity contribution in [2.75, 3.05) is 11.6 Å². The van der Waals surface area contributed by atoms with E-state index in [0.717, 1.165) is 22.8 Å². The molecule has 1 heterocycles. The number of anilines is 1. The Morgan fingerprint density at radius 3 is 2.89 bits per heavy atom. The van der Waals surface area contributed by atoms with Crippen molar-refractivity contribution < 1.29 is 9.21 Å². The fourth-order valence-electron chi connectivity index (χ4n) is 2.27. The SMILES string of the molecule is CSc1ccccc1NC(=O)C1CC1c1ccco1. The molecule has 0 radical (unpaired) electrons. The maximum Gasteiger partial charge on any atom is 0.228 e. The Morgan fingerprint density at radius 1 is 1.32 bits per heavy atom. The van der Waals surface area contributed by atoms with E-state index in [-0.39, 0.29) is 17.7 Å². The fraction of sp³-hybridized carbons (Fsp3) is 0.267. The first-order valence-electron chi connectivity index (χ1n) is 6.27. The summed E-state index contributed by atoms with van der Waals surface area (Å²) in [5.74, 6) is 1.29. The third-order valence-corrected chi connectivity index (χ3v) is 4.20. The second-order valence-electron chi connectivity index (χ2n) is 4.65. The van der Waals surface area contributed by atoms with Crippen LogP contribution in [0.25, 0.3) is 0 Å². The Morgan fingerprint density at radius 2 is 2.16 bits per heavy atom. The molecule has 0 aliphatic heterocycles. The van der Waals surface area contributed by atoms with Gasteiger partial charge in [-0.2, -0.15) is 0 Å². The summed E-state index contributed by atoms with van der Waals surface area (Å²) in [4.78, 5) is 13.3. The summed E-state index contributed by atoms with van der Waals surface area (Å²) < 4.78 is 5.35. The molecule has 1 fully saturated rings. The molecule has 3 nitrogen and oxygen atoms in total. The van der Waals surface area contributed by atoms with Crippen LogP contribution < -0.4 is 5.32 Å². The first-order valence-corrected chi connectivity index (χ1v) is 7.49. The summed E-state index contributed by atoms with van der Waals surface area (Å²) in [5, 5.41) is 3.01. The van der Waals surface area contributed by atoms with E-state index in [9.17, 15) is 4.79 Å². The highest BCUT2D eigenvalue weighted by Gasteiger charge is 2.45. The fourth-order valence-corrected chi connectivity index (χ4v) is 2.83. The van der Waals surface area contributed by atoms with Gasteiger partial charge in [0.25, 0.3) is 0 Å².